The molecule has 0 unspecified atom stereocenters. The Morgan fingerprint density at radius 2 is 1.96 bits per heavy atom. The molecular weight excluding hydrogens is 373 g/mol. The van der Waals surface area contributed by atoms with Crippen molar-refractivity contribution in [2.45, 2.75) is 69.4 Å². The highest BCUT2D eigenvalue weighted by Crippen LogP contribution is 2.40. The molecule has 8 heteroatoms. The van der Waals surface area contributed by atoms with Gasteiger partial charge in [-0.1, -0.05) is 44.7 Å². The quantitative estimate of drug-likeness (QED) is 0.272. The molecule has 2 atom stereocenters. The lowest BCUT2D eigenvalue weighted by molar-refractivity contribution is -0.122. The summed E-state index contributed by atoms with van der Waals surface area (Å²) in [6.45, 7) is 3.69. The highest BCUT2D eigenvalue weighted by molar-refractivity contribution is 7.98. The summed E-state index contributed by atoms with van der Waals surface area (Å²) in [5.74, 6) is -0.137. The van der Waals surface area contributed by atoms with Crippen LogP contribution in [0, 0.1) is 0 Å². The van der Waals surface area contributed by atoms with Gasteiger partial charge in [0.05, 0.1) is 12.1 Å². The van der Waals surface area contributed by atoms with Crippen LogP contribution in [-0.2, 0) is 13.9 Å². The van der Waals surface area contributed by atoms with Crippen molar-refractivity contribution in [2.75, 3.05) is 6.26 Å². The molecule has 1 rings (SSSR count). The number of carbonyl (C=O) groups is 1. The van der Waals surface area contributed by atoms with Gasteiger partial charge in [0.25, 0.3) is 0 Å². The number of carbonyl (C=O) groups excluding carboxylic acids is 1. The molecule has 0 fully saturated rings. The van der Waals surface area contributed by atoms with Gasteiger partial charge in [0, 0.05) is 11.3 Å². The van der Waals surface area contributed by atoms with Crippen LogP contribution in [0.3, 0.4) is 0 Å². The number of amides is 1. The molecule has 6 nitrogen and oxygen atoms in total. The van der Waals surface area contributed by atoms with E-state index in [9.17, 15) is 9.36 Å². The molecule has 0 radical (unpaired) electrons. The van der Waals surface area contributed by atoms with Crippen LogP contribution < -0.4 is 5.32 Å². The Kier molecular flexibility index (Phi) is 10.5. The van der Waals surface area contributed by atoms with Crippen LogP contribution in [0.5, 0.6) is 0 Å². The third kappa shape index (κ3) is 9.19. The van der Waals surface area contributed by atoms with Crippen LogP contribution in [0.4, 0.5) is 0 Å². The molecule has 1 amide bonds. The van der Waals surface area contributed by atoms with E-state index in [-0.39, 0.29) is 5.91 Å². The smallest absolute Gasteiger partial charge is 0.347 e. The number of phosphoric ester groups is 1. The molecule has 26 heavy (non-hydrogen) atoms. The molecule has 0 heterocycles. The van der Waals surface area contributed by atoms with Crippen molar-refractivity contribution in [1.82, 2.24) is 5.32 Å². The maximum Gasteiger partial charge on any atom is 0.469 e. The van der Waals surface area contributed by atoms with E-state index in [1.807, 2.05) is 30.5 Å². The summed E-state index contributed by atoms with van der Waals surface area (Å²) < 4.78 is 16.0. The lowest BCUT2D eigenvalue weighted by Gasteiger charge is -2.26. The first-order chi connectivity index (χ1) is 12.3. The van der Waals surface area contributed by atoms with Gasteiger partial charge in [-0.05, 0) is 37.3 Å². The third-order valence-electron chi connectivity index (χ3n) is 4.05. The molecule has 148 valence electrons. The second-order valence-corrected chi connectivity index (χ2v) is 8.36. The van der Waals surface area contributed by atoms with Crippen molar-refractivity contribution in [3.05, 3.63) is 29.8 Å². The van der Waals surface area contributed by atoms with Crippen LogP contribution in [0.1, 0.15) is 64.0 Å². The van der Waals surface area contributed by atoms with E-state index in [1.54, 1.807) is 18.7 Å². The predicted molar refractivity (Wildman–Crippen MR) is 105 cm³/mol. The zero-order valence-electron chi connectivity index (χ0n) is 15.7. The Labute approximate surface area is 160 Å². The van der Waals surface area contributed by atoms with Gasteiger partial charge in [-0.15, -0.1) is 11.8 Å². The summed E-state index contributed by atoms with van der Waals surface area (Å²) in [5, 5.41) is 2.88. The molecule has 0 aromatic heterocycles. The van der Waals surface area contributed by atoms with Crippen molar-refractivity contribution in [3.8, 4) is 0 Å². The monoisotopic (exact) mass is 403 g/mol. The molecule has 0 saturated carbocycles. The number of unbranched alkanes of at least 4 members (excludes halogenated alkanes) is 4. The van der Waals surface area contributed by atoms with Crippen LogP contribution in [0.2, 0.25) is 0 Å². The minimum atomic E-state index is -4.65. The van der Waals surface area contributed by atoms with Crippen LogP contribution in [0.25, 0.3) is 0 Å². The average molecular weight is 403 g/mol. The molecule has 1 aromatic carbocycles. The van der Waals surface area contributed by atoms with E-state index < -0.39 is 20.0 Å². The van der Waals surface area contributed by atoms with Crippen molar-refractivity contribution in [1.29, 1.82) is 0 Å². The largest absolute Gasteiger partial charge is 0.469 e. The Morgan fingerprint density at radius 3 is 2.58 bits per heavy atom. The molecule has 0 aliphatic rings. The average Bonchev–Trinajstić information content (AvgIpc) is 2.58. The molecule has 0 saturated heterocycles. The van der Waals surface area contributed by atoms with E-state index in [4.69, 9.17) is 14.3 Å². The van der Waals surface area contributed by atoms with E-state index in [2.05, 4.69) is 12.2 Å². The molecule has 0 spiro atoms. The second-order valence-electron chi connectivity index (χ2n) is 6.29. The first kappa shape index (κ1) is 23.2. The first-order valence-electron chi connectivity index (χ1n) is 8.94. The Morgan fingerprint density at radius 1 is 1.27 bits per heavy atom. The van der Waals surface area contributed by atoms with Gasteiger partial charge in [-0.2, -0.15) is 0 Å². The van der Waals surface area contributed by atoms with Gasteiger partial charge in [-0.3, -0.25) is 9.32 Å². The fourth-order valence-corrected chi connectivity index (χ4v) is 3.74. The minimum absolute atomic E-state index is 0.137. The van der Waals surface area contributed by atoms with Gasteiger partial charge in [0.1, 0.15) is 0 Å². The number of hydrogen-bond donors (Lipinski definition) is 3. The summed E-state index contributed by atoms with van der Waals surface area (Å²) >= 11 is 1.56. The van der Waals surface area contributed by atoms with Gasteiger partial charge < -0.3 is 15.1 Å². The van der Waals surface area contributed by atoms with E-state index in [1.165, 1.54) is 6.42 Å². The van der Waals surface area contributed by atoms with Crippen LogP contribution >= 0.6 is 19.6 Å². The van der Waals surface area contributed by atoms with Crippen LogP contribution in [-0.4, -0.2) is 28.1 Å². The zero-order chi connectivity index (χ0) is 19.6. The molecule has 3 N–H and O–H groups in total. The molecule has 0 bridgehead atoms. The van der Waals surface area contributed by atoms with Gasteiger partial charge in [0.15, 0.2) is 0 Å². The molecule has 0 aliphatic carbocycles. The summed E-state index contributed by atoms with van der Waals surface area (Å²) in [4.78, 5) is 31.6. The summed E-state index contributed by atoms with van der Waals surface area (Å²) in [6, 6.07) is 6.89. The van der Waals surface area contributed by atoms with Crippen LogP contribution in [0.15, 0.2) is 29.2 Å². The highest BCUT2D eigenvalue weighted by atomic mass is 32.2. The third-order valence-corrected chi connectivity index (χ3v) is 5.38. The standard InChI is InChI=1S/C18H30NO5PS/c1-4-5-6-7-8-12-17(20)19-18(14(2)24-25(21,22)23)15-10-9-11-16(13-15)26-3/h9-11,13-14,18H,4-8,12H2,1-3H3,(H,19,20)(H2,21,22,23)/t14-,18-/m0/s1. The number of rotatable bonds is 12. The predicted octanol–water partition coefficient (Wildman–Crippen LogP) is 4.42. The van der Waals surface area contributed by atoms with Crippen molar-refractivity contribution in [3.63, 3.8) is 0 Å². The molecule has 1 aromatic rings. The maximum atomic E-state index is 12.3. The highest BCUT2D eigenvalue weighted by Gasteiger charge is 2.28. The summed E-state index contributed by atoms with van der Waals surface area (Å²) in [5.41, 5.74) is 0.761. The Balaban J connectivity index is 2.80. The fraction of sp³-hybridized carbons (Fsp3) is 0.611. The summed E-state index contributed by atoms with van der Waals surface area (Å²) in [7, 11) is -4.65. The van der Waals surface area contributed by atoms with Gasteiger partial charge in [0.2, 0.25) is 5.91 Å². The normalized spacial score (nSPS) is 14.0. The minimum Gasteiger partial charge on any atom is -0.347 e. The second kappa shape index (κ2) is 11.8. The van der Waals surface area contributed by atoms with E-state index in [0.29, 0.717) is 6.42 Å². The lowest BCUT2D eigenvalue weighted by atomic mass is 10.0. The Bertz CT molecular complexity index is 607. The van der Waals surface area contributed by atoms with E-state index in [0.717, 1.165) is 36.1 Å². The van der Waals surface area contributed by atoms with Crippen molar-refractivity contribution in [2.24, 2.45) is 0 Å². The zero-order valence-corrected chi connectivity index (χ0v) is 17.4. The number of nitrogens with one attached hydrogen (secondary N) is 1. The van der Waals surface area contributed by atoms with Crippen molar-refractivity contribution < 1.29 is 23.7 Å². The topological polar surface area (TPSA) is 95.9 Å². The van der Waals surface area contributed by atoms with Gasteiger partial charge in [-0.25, -0.2) is 4.57 Å². The van der Waals surface area contributed by atoms with Gasteiger partial charge >= 0.3 is 7.82 Å². The first-order valence-corrected chi connectivity index (χ1v) is 11.7. The number of thioether (sulfide) groups is 1. The summed E-state index contributed by atoms with van der Waals surface area (Å²) in [6.07, 6.45) is 6.71. The maximum absolute atomic E-state index is 12.3. The fourth-order valence-electron chi connectivity index (χ4n) is 2.72. The van der Waals surface area contributed by atoms with E-state index >= 15 is 0 Å². The number of benzene rings is 1. The lowest BCUT2D eigenvalue weighted by Crippen LogP contribution is -2.36. The Hall–Kier alpha value is -0.850. The SMILES string of the molecule is CCCCCCCC(=O)N[C@H](c1cccc(SC)c1)[C@H](C)OP(=O)(O)O. The molecule has 0 aliphatic heterocycles. The number of phosphoric acid groups is 1. The number of hydrogen-bond acceptors (Lipinski definition) is 4. The van der Waals surface area contributed by atoms with Crippen molar-refractivity contribution >= 4 is 25.5 Å². The molecular formula is C18H30NO5PS.